The fraction of sp³-hybridized carbons (Fsp3) is 0.698. The lowest BCUT2D eigenvalue weighted by atomic mass is 9.43. The van der Waals surface area contributed by atoms with Gasteiger partial charge in [0.2, 0.25) is 0 Å². The Morgan fingerprint density at radius 1 is 1.00 bits per heavy atom. The normalized spacial score (nSPS) is 41.4. The summed E-state index contributed by atoms with van der Waals surface area (Å²) in [7, 11) is 0. The Balaban J connectivity index is 1.17. The van der Waals surface area contributed by atoms with Gasteiger partial charge in [0.15, 0.2) is 5.78 Å². The van der Waals surface area contributed by atoms with Crippen molar-refractivity contribution >= 4 is 5.78 Å². The molecule has 0 bridgehead atoms. The molecule has 280 valence electrons. The average molecular weight is 703 g/mol. The summed E-state index contributed by atoms with van der Waals surface area (Å²) in [4.78, 5) is 14.0. The summed E-state index contributed by atoms with van der Waals surface area (Å²) in [6, 6.07) is 10.5. The van der Waals surface area contributed by atoms with Crippen LogP contribution in [0.25, 0.3) is 0 Å². The first-order valence-electron chi connectivity index (χ1n) is 19.6. The molecule has 1 saturated heterocycles. The van der Waals surface area contributed by atoms with Gasteiger partial charge >= 0.3 is 0 Å². The Morgan fingerprint density at radius 3 is 2.43 bits per heavy atom. The van der Waals surface area contributed by atoms with E-state index < -0.39 is 45.9 Å². The highest BCUT2D eigenvalue weighted by atomic mass is 16.6. The van der Waals surface area contributed by atoms with Crippen molar-refractivity contribution in [2.75, 3.05) is 6.54 Å². The van der Waals surface area contributed by atoms with Gasteiger partial charge in [0.1, 0.15) is 12.2 Å². The Morgan fingerprint density at radius 2 is 1.73 bits per heavy atom. The fourth-order valence-corrected chi connectivity index (χ4v) is 11.9. The van der Waals surface area contributed by atoms with Crippen molar-refractivity contribution in [3.8, 4) is 0 Å². The van der Waals surface area contributed by atoms with Crippen molar-refractivity contribution < 1.29 is 30.0 Å². The molecule has 4 aliphatic carbocycles. The van der Waals surface area contributed by atoms with Gasteiger partial charge in [0.25, 0.3) is 0 Å². The maximum absolute atomic E-state index is 14.0. The second-order valence-electron chi connectivity index (χ2n) is 18.8. The summed E-state index contributed by atoms with van der Waals surface area (Å²) < 4.78 is 6.33. The SMILES string of the molecule is CC(O)(C1OC1C(C)(O)C(C)(C)CCC1=CCNC(N)=C1)C1CCC2(O)C3=CC(=O)C4CC(O)CCC4(C)C3C(CCc3ccccc3)CC12C. The van der Waals surface area contributed by atoms with E-state index in [0.29, 0.717) is 44.5 Å². The number of fused-ring (bicyclic) bond motifs is 5. The lowest BCUT2D eigenvalue weighted by molar-refractivity contribution is -0.165. The minimum Gasteiger partial charge on any atom is -0.393 e. The van der Waals surface area contributed by atoms with Crippen LogP contribution >= 0.6 is 0 Å². The third-order valence-corrected chi connectivity index (χ3v) is 15.5. The monoisotopic (exact) mass is 702 g/mol. The lowest BCUT2D eigenvalue weighted by Gasteiger charge is -2.63. The van der Waals surface area contributed by atoms with Gasteiger partial charge in [0, 0.05) is 17.9 Å². The first-order valence-corrected chi connectivity index (χ1v) is 19.6. The van der Waals surface area contributed by atoms with E-state index in [4.69, 9.17) is 10.5 Å². The first-order chi connectivity index (χ1) is 23.8. The van der Waals surface area contributed by atoms with Crippen LogP contribution < -0.4 is 11.1 Å². The predicted octanol–water partition coefficient (Wildman–Crippen LogP) is 5.48. The van der Waals surface area contributed by atoms with Crippen LogP contribution in [0, 0.1) is 39.9 Å². The Kier molecular flexibility index (Phi) is 9.06. The van der Waals surface area contributed by atoms with Crippen LogP contribution in [0.15, 0.2) is 65.5 Å². The average Bonchev–Trinajstić information content (AvgIpc) is 3.85. The first kappa shape index (κ1) is 36.9. The molecular weight excluding hydrogens is 640 g/mol. The molecule has 1 aromatic carbocycles. The molecule has 7 rings (SSSR count). The number of dihydropyridines is 1. The molecule has 0 radical (unpaired) electrons. The van der Waals surface area contributed by atoms with E-state index in [0.717, 1.165) is 43.3 Å². The zero-order valence-electron chi connectivity index (χ0n) is 31.6. The van der Waals surface area contributed by atoms with Gasteiger partial charge in [-0.1, -0.05) is 64.1 Å². The molecule has 8 heteroatoms. The number of benzene rings is 1. The molecule has 0 amide bonds. The molecule has 51 heavy (non-hydrogen) atoms. The van der Waals surface area contributed by atoms with Crippen LogP contribution in [0.2, 0.25) is 0 Å². The summed E-state index contributed by atoms with van der Waals surface area (Å²) in [5.74, 6) is 0.309. The van der Waals surface area contributed by atoms with E-state index in [2.05, 4.69) is 63.4 Å². The largest absolute Gasteiger partial charge is 0.393 e. The highest BCUT2D eigenvalue weighted by molar-refractivity contribution is 5.95. The van der Waals surface area contributed by atoms with Gasteiger partial charge < -0.3 is 36.2 Å². The molecule has 2 aliphatic heterocycles. The molecule has 6 aliphatic rings. The van der Waals surface area contributed by atoms with Gasteiger partial charge in [-0.05, 0) is 136 Å². The zero-order valence-corrected chi connectivity index (χ0v) is 31.6. The number of nitrogens with one attached hydrogen (secondary N) is 1. The zero-order chi connectivity index (χ0) is 36.8. The van der Waals surface area contributed by atoms with Gasteiger partial charge in [-0.25, -0.2) is 0 Å². The fourth-order valence-electron chi connectivity index (χ4n) is 11.9. The highest BCUT2D eigenvalue weighted by Gasteiger charge is 2.73. The molecule has 2 heterocycles. The minimum atomic E-state index is -1.32. The molecule has 7 N–H and O–H groups in total. The number of carbonyl (C=O) groups is 1. The Labute approximate surface area is 304 Å². The number of epoxide rings is 1. The maximum Gasteiger partial charge on any atom is 0.159 e. The summed E-state index contributed by atoms with van der Waals surface area (Å²) in [6.07, 6.45) is 11.2. The molecule has 0 aromatic heterocycles. The second-order valence-corrected chi connectivity index (χ2v) is 18.8. The number of aliphatic hydroxyl groups excluding tert-OH is 1. The van der Waals surface area contributed by atoms with Gasteiger partial charge in [0.05, 0.1) is 28.7 Å². The Hall–Kier alpha value is -2.49. The summed E-state index contributed by atoms with van der Waals surface area (Å²) in [5.41, 5.74) is 3.89. The molecule has 3 saturated carbocycles. The molecule has 4 fully saturated rings. The summed E-state index contributed by atoms with van der Waals surface area (Å²) in [5, 5.41) is 51.6. The third-order valence-electron chi connectivity index (χ3n) is 15.5. The van der Waals surface area contributed by atoms with E-state index in [1.165, 1.54) is 5.56 Å². The topological polar surface area (TPSA) is 149 Å². The minimum absolute atomic E-state index is 0.0184. The number of nitrogens with two attached hydrogens (primary N) is 1. The molecule has 12 atom stereocenters. The molecule has 0 spiro atoms. The predicted molar refractivity (Wildman–Crippen MR) is 198 cm³/mol. The number of hydrogen-bond acceptors (Lipinski definition) is 8. The Bertz CT molecular complexity index is 1610. The number of allylic oxidation sites excluding steroid dienone is 3. The number of hydrogen-bond donors (Lipinski definition) is 6. The van der Waals surface area contributed by atoms with Gasteiger partial charge in [-0.15, -0.1) is 0 Å². The van der Waals surface area contributed by atoms with Crippen LogP contribution in [0.4, 0.5) is 0 Å². The van der Waals surface area contributed by atoms with E-state index in [1.807, 2.05) is 26.0 Å². The summed E-state index contributed by atoms with van der Waals surface area (Å²) >= 11 is 0. The standard InChI is InChI=1S/C43H62N2O6/c1-38(2,18-14-27-17-21-45-34(44)22-27)42(6,49)37-36(51-37)41(5,48)33-16-20-43(50)31-24-32(47)30-23-29(46)15-19-39(30,3)35(31)28(25-40(33,43)4)13-12-26-10-8-7-9-11-26/h7-11,17,22,24,28-30,33,35-37,45-46,48-50H,12-16,18-21,23,25,44H2,1-6H3. The van der Waals surface area contributed by atoms with E-state index in [1.54, 1.807) is 6.08 Å². The van der Waals surface area contributed by atoms with Gasteiger partial charge in [-0.2, -0.15) is 0 Å². The van der Waals surface area contributed by atoms with E-state index in [9.17, 15) is 25.2 Å². The van der Waals surface area contributed by atoms with Crippen LogP contribution in [0.1, 0.15) is 105 Å². The van der Waals surface area contributed by atoms with Crippen molar-refractivity contribution in [1.29, 1.82) is 0 Å². The van der Waals surface area contributed by atoms with Crippen LogP contribution in [-0.4, -0.2) is 67.9 Å². The quantitative estimate of drug-likeness (QED) is 0.176. The van der Waals surface area contributed by atoms with E-state index in [-0.39, 0.29) is 34.9 Å². The second kappa shape index (κ2) is 12.5. The number of rotatable bonds is 10. The van der Waals surface area contributed by atoms with Crippen LogP contribution in [0.3, 0.4) is 0 Å². The van der Waals surface area contributed by atoms with Crippen LogP contribution in [0.5, 0.6) is 0 Å². The molecule has 1 aromatic rings. The van der Waals surface area contributed by atoms with Crippen molar-refractivity contribution in [2.24, 2.45) is 45.7 Å². The smallest absolute Gasteiger partial charge is 0.159 e. The molecule has 8 nitrogen and oxygen atoms in total. The van der Waals surface area contributed by atoms with Crippen molar-refractivity contribution in [3.05, 3.63) is 71.1 Å². The number of aryl methyl sites for hydroxylation is 1. The highest BCUT2D eigenvalue weighted by Crippen LogP contribution is 2.71. The number of carbonyl (C=O) groups excluding carboxylic acids is 1. The summed E-state index contributed by atoms with van der Waals surface area (Å²) in [6.45, 7) is 12.9. The van der Waals surface area contributed by atoms with Crippen molar-refractivity contribution in [3.63, 3.8) is 0 Å². The van der Waals surface area contributed by atoms with Gasteiger partial charge in [-0.3, -0.25) is 4.79 Å². The van der Waals surface area contributed by atoms with Crippen LogP contribution in [-0.2, 0) is 16.0 Å². The third kappa shape index (κ3) is 5.87. The van der Waals surface area contributed by atoms with Crippen molar-refractivity contribution in [1.82, 2.24) is 5.32 Å². The number of aliphatic hydroxyl groups is 4. The molecular formula is C43H62N2O6. The van der Waals surface area contributed by atoms with Crippen molar-refractivity contribution in [2.45, 2.75) is 141 Å². The van der Waals surface area contributed by atoms with E-state index >= 15 is 0 Å². The number of ketones is 1. The lowest BCUT2D eigenvalue weighted by Crippen LogP contribution is -2.64. The number of ether oxygens (including phenoxy) is 1. The molecule has 12 unspecified atom stereocenters. The maximum atomic E-state index is 14.0.